The third-order valence-corrected chi connectivity index (χ3v) is 1.82. The predicted octanol–water partition coefficient (Wildman–Crippen LogP) is 2.54. The van der Waals surface area contributed by atoms with Crippen LogP contribution in [0.15, 0.2) is 29.2 Å². The van der Waals surface area contributed by atoms with Gasteiger partial charge in [0.15, 0.2) is 0 Å². The summed E-state index contributed by atoms with van der Waals surface area (Å²) in [6.07, 6.45) is 0. The van der Waals surface area contributed by atoms with Crippen molar-refractivity contribution in [1.29, 1.82) is 0 Å². The van der Waals surface area contributed by atoms with E-state index < -0.39 is 0 Å². The predicted molar refractivity (Wildman–Crippen MR) is 54.2 cm³/mol. The molecule has 70 valence electrons. The third-order valence-electron chi connectivity index (χ3n) is 1.53. The van der Waals surface area contributed by atoms with Gasteiger partial charge in [-0.15, -0.1) is 12.6 Å². The van der Waals surface area contributed by atoms with E-state index in [0.717, 1.165) is 4.90 Å². The number of carbonyl (C=O) groups excluding carboxylic acids is 1. The molecule has 0 aliphatic rings. The topological polar surface area (TPSA) is 26.3 Å². The van der Waals surface area contributed by atoms with E-state index in [9.17, 15) is 4.79 Å². The molecule has 1 aromatic rings. The lowest BCUT2D eigenvalue weighted by atomic mass is 10.2. The van der Waals surface area contributed by atoms with Crippen molar-refractivity contribution < 1.29 is 9.53 Å². The molecule has 0 saturated carbocycles. The van der Waals surface area contributed by atoms with Crippen LogP contribution in [0, 0.1) is 5.92 Å². The van der Waals surface area contributed by atoms with E-state index in [0.29, 0.717) is 5.75 Å². The molecule has 0 unspecified atom stereocenters. The molecule has 0 spiro atoms. The Labute approximate surface area is 83.3 Å². The van der Waals surface area contributed by atoms with Crippen LogP contribution in [-0.2, 0) is 4.79 Å². The first-order valence-electron chi connectivity index (χ1n) is 4.10. The molecule has 0 aliphatic heterocycles. The van der Waals surface area contributed by atoms with Crippen LogP contribution >= 0.6 is 12.6 Å². The van der Waals surface area contributed by atoms with E-state index in [-0.39, 0.29) is 11.9 Å². The number of esters is 1. The molecular weight excluding hydrogens is 184 g/mol. The smallest absolute Gasteiger partial charge is 0.313 e. The third kappa shape index (κ3) is 3.11. The lowest BCUT2D eigenvalue weighted by Gasteiger charge is -2.05. The van der Waals surface area contributed by atoms with Crippen molar-refractivity contribution in [3.8, 4) is 5.75 Å². The van der Waals surface area contributed by atoms with Gasteiger partial charge in [-0.1, -0.05) is 13.8 Å². The first-order valence-corrected chi connectivity index (χ1v) is 4.55. The van der Waals surface area contributed by atoms with Crippen LogP contribution in [-0.4, -0.2) is 5.97 Å². The molecule has 0 heterocycles. The Bertz CT molecular complexity index is 290. The van der Waals surface area contributed by atoms with Crippen molar-refractivity contribution in [2.75, 3.05) is 0 Å². The maximum Gasteiger partial charge on any atom is 0.313 e. The molecule has 0 fully saturated rings. The van der Waals surface area contributed by atoms with Crippen molar-refractivity contribution in [3.05, 3.63) is 24.3 Å². The van der Waals surface area contributed by atoms with E-state index in [4.69, 9.17) is 4.74 Å². The standard InChI is InChI=1S/C10H12O2S/c1-7(2)10(11)12-8-3-5-9(13)6-4-8/h3-7,13H,1-2H3. The Morgan fingerprint density at radius 3 is 2.31 bits per heavy atom. The highest BCUT2D eigenvalue weighted by Gasteiger charge is 2.08. The summed E-state index contributed by atoms with van der Waals surface area (Å²) in [5.74, 6) is 0.249. The molecule has 0 aliphatic carbocycles. The lowest BCUT2D eigenvalue weighted by molar-refractivity contribution is -0.137. The van der Waals surface area contributed by atoms with Crippen LogP contribution in [0.5, 0.6) is 5.75 Å². The molecule has 0 radical (unpaired) electrons. The minimum atomic E-state index is -0.216. The van der Waals surface area contributed by atoms with E-state index in [1.807, 2.05) is 0 Å². The number of rotatable bonds is 2. The van der Waals surface area contributed by atoms with Gasteiger partial charge in [0.1, 0.15) is 5.75 Å². The minimum Gasteiger partial charge on any atom is -0.426 e. The first kappa shape index (κ1) is 10.1. The summed E-state index contributed by atoms with van der Waals surface area (Å²) in [5.41, 5.74) is 0. The number of carbonyl (C=O) groups is 1. The molecule has 0 N–H and O–H groups in total. The maximum atomic E-state index is 11.2. The fourth-order valence-electron chi connectivity index (χ4n) is 0.748. The Morgan fingerprint density at radius 2 is 1.85 bits per heavy atom. The van der Waals surface area contributed by atoms with Gasteiger partial charge in [-0.2, -0.15) is 0 Å². The number of benzene rings is 1. The zero-order valence-electron chi connectivity index (χ0n) is 7.65. The van der Waals surface area contributed by atoms with Gasteiger partial charge in [0, 0.05) is 4.90 Å². The van der Waals surface area contributed by atoms with Gasteiger partial charge >= 0.3 is 5.97 Å². The van der Waals surface area contributed by atoms with Crippen LogP contribution < -0.4 is 4.74 Å². The van der Waals surface area contributed by atoms with Gasteiger partial charge in [0.2, 0.25) is 0 Å². The molecule has 13 heavy (non-hydrogen) atoms. The molecule has 0 bridgehead atoms. The minimum absolute atomic E-state index is 0.101. The van der Waals surface area contributed by atoms with Crippen LogP contribution in [0.4, 0.5) is 0 Å². The molecule has 1 rings (SSSR count). The van der Waals surface area contributed by atoms with Crippen molar-refractivity contribution in [2.45, 2.75) is 18.7 Å². The van der Waals surface area contributed by atoms with E-state index in [1.54, 1.807) is 38.1 Å². The monoisotopic (exact) mass is 196 g/mol. The summed E-state index contributed by atoms with van der Waals surface area (Å²) >= 11 is 4.12. The van der Waals surface area contributed by atoms with Crippen molar-refractivity contribution >= 4 is 18.6 Å². The molecular formula is C10H12O2S. The van der Waals surface area contributed by atoms with Gasteiger partial charge in [0.25, 0.3) is 0 Å². The number of ether oxygens (including phenoxy) is 1. The summed E-state index contributed by atoms with van der Waals surface area (Å²) < 4.78 is 5.06. The van der Waals surface area contributed by atoms with Crippen molar-refractivity contribution in [1.82, 2.24) is 0 Å². The van der Waals surface area contributed by atoms with Gasteiger partial charge in [0.05, 0.1) is 5.92 Å². The number of thiol groups is 1. The van der Waals surface area contributed by atoms with E-state index in [1.165, 1.54) is 0 Å². The fraction of sp³-hybridized carbons (Fsp3) is 0.300. The average molecular weight is 196 g/mol. The summed E-state index contributed by atoms with van der Waals surface area (Å²) in [5, 5.41) is 0. The normalized spacial score (nSPS) is 10.2. The second kappa shape index (κ2) is 4.33. The van der Waals surface area contributed by atoms with Crippen LogP contribution in [0.2, 0.25) is 0 Å². The van der Waals surface area contributed by atoms with E-state index >= 15 is 0 Å². The highest BCUT2D eigenvalue weighted by Crippen LogP contribution is 2.15. The van der Waals surface area contributed by atoms with Gasteiger partial charge in [-0.25, -0.2) is 0 Å². The molecule has 0 amide bonds. The number of hydrogen-bond acceptors (Lipinski definition) is 3. The fourth-order valence-corrected chi connectivity index (χ4v) is 0.897. The molecule has 0 aromatic heterocycles. The van der Waals surface area contributed by atoms with E-state index in [2.05, 4.69) is 12.6 Å². The van der Waals surface area contributed by atoms with Crippen LogP contribution in [0.25, 0.3) is 0 Å². The first-order chi connectivity index (χ1) is 6.09. The maximum absolute atomic E-state index is 11.2. The Hall–Kier alpha value is -0.960. The SMILES string of the molecule is CC(C)C(=O)Oc1ccc(S)cc1. The lowest BCUT2D eigenvalue weighted by Crippen LogP contribution is -2.14. The quantitative estimate of drug-likeness (QED) is 0.447. The second-order valence-corrected chi connectivity index (χ2v) is 3.59. The molecule has 0 saturated heterocycles. The largest absolute Gasteiger partial charge is 0.426 e. The van der Waals surface area contributed by atoms with Gasteiger partial charge in [-0.05, 0) is 24.3 Å². The Morgan fingerprint density at radius 1 is 1.31 bits per heavy atom. The summed E-state index contributed by atoms with van der Waals surface area (Å²) in [7, 11) is 0. The average Bonchev–Trinajstić information content (AvgIpc) is 2.08. The van der Waals surface area contributed by atoms with Crippen molar-refractivity contribution in [2.24, 2.45) is 5.92 Å². The molecule has 2 nitrogen and oxygen atoms in total. The Balaban J connectivity index is 2.65. The van der Waals surface area contributed by atoms with Gasteiger partial charge in [-0.3, -0.25) is 4.79 Å². The highest BCUT2D eigenvalue weighted by molar-refractivity contribution is 7.80. The van der Waals surface area contributed by atoms with Crippen LogP contribution in [0.3, 0.4) is 0 Å². The highest BCUT2D eigenvalue weighted by atomic mass is 32.1. The summed E-state index contributed by atoms with van der Waals surface area (Å²) in [4.78, 5) is 12.0. The van der Waals surface area contributed by atoms with Crippen molar-refractivity contribution in [3.63, 3.8) is 0 Å². The zero-order valence-corrected chi connectivity index (χ0v) is 8.54. The number of hydrogen-bond donors (Lipinski definition) is 1. The Kier molecular flexibility index (Phi) is 3.37. The summed E-state index contributed by atoms with van der Waals surface area (Å²) in [6, 6.07) is 7.02. The molecule has 3 heteroatoms. The van der Waals surface area contributed by atoms with Crippen LogP contribution in [0.1, 0.15) is 13.8 Å². The molecule has 0 atom stereocenters. The summed E-state index contributed by atoms with van der Waals surface area (Å²) in [6.45, 7) is 3.60. The molecule has 1 aromatic carbocycles. The second-order valence-electron chi connectivity index (χ2n) is 3.07. The van der Waals surface area contributed by atoms with Gasteiger partial charge < -0.3 is 4.74 Å². The zero-order chi connectivity index (χ0) is 9.84.